The van der Waals surface area contributed by atoms with Crippen molar-refractivity contribution < 1.29 is 9.18 Å². The van der Waals surface area contributed by atoms with Gasteiger partial charge in [-0.05, 0) is 36.5 Å². The molecule has 0 saturated carbocycles. The number of hydrogen-bond donors (Lipinski definition) is 1. The molecule has 0 fully saturated rings. The molecule has 4 heteroatoms. The molecule has 0 bridgehead atoms. The van der Waals surface area contributed by atoms with Gasteiger partial charge in [-0.1, -0.05) is 63.2 Å². The Hall–Kier alpha value is -2.75. The summed E-state index contributed by atoms with van der Waals surface area (Å²) in [6, 6.07) is 16.5. The molecule has 1 heterocycles. The summed E-state index contributed by atoms with van der Waals surface area (Å²) in [5.74, 6) is -0.555. The van der Waals surface area contributed by atoms with Crippen molar-refractivity contribution in [3.8, 4) is 0 Å². The van der Waals surface area contributed by atoms with Gasteiger partial charge in [0.2, 0.25) is 0 Å². The lowest BCUT2D eigenvalue weighted by molar-refractivity contribution is 0.0996. The molecule has 140 valence electrons. The maximum absolute atomic E-state index is 14.4. The molecule has 0 spiro atoms. The quantitative estimate of drug-likeness (QED) is 0.668. The average Bonchev–Trinajstić information content (AvgIpc) is 2.61. The molecule has 3 nitrogen and oxygen atoms in total. The fraction of sp³-hybridized carbons (Fsp3) is 0.304. The molecule has 0 saturated heterocycles. The zero-order valence-electron chi connectivity index (χ0n) is 16.0. The molecular weight excluding hydrogens is 339 g/mol. The molecular formula is C23H25FN2O. The van der Waals surface area contributed by atoms with E-state index in [2.05, 4.69) is 37.9 Å². The third-order valence-electron chi connectivity index (χ3n) is 4.93. The maximum atomic E-state index is 14.4. The van der Waals surface area contributed by atoms with E-state index in [1.165, 1.54) is 6.07 Å². The standard InChI is InChI=1S/C23H25FN2O/c1-15(2)13-23(3,14-16-8-5-4-6-9-16)21-18(22(25)27)12-17-10-7-11-19(24)20(17)26-21/h4-12,15H,13-14H2,1-3H3,(H2,25,27)/t23-/m0/s1. The van der Waals surface area contributed by atoms with Crippen LogP contribution in [-0.2, 0) is 11.8 Å². The maximum Gasteiger partial charge on any atom is 0.250 e. The molecule has 1 atom stereocenters. The molecule has 3 rings (SSSR count). The Balaban J connectivity index is 2.23. The van der Waals surface area contributed by atoms with Crippen LogP contribution in [-0.4, -0.2) is 10.9 Å². The minimum atomic E-state index is -0.535. The Morgan fingerprint density at radius 1 is 1.15 bits per heavy atom. The van der Waals surface area contributed by atoms with Crippen molar-refractivity contribution in [1.29, 1.82) is 0 Å². The molecule has 0 aliphatic rings. The molecule has 1 aromatic heterocycles. The molecule has 0 aliphatic carbocycles. The topological polar surface area (TPSA) is 56.0 Å². The number of fused-ring (bicyclic) bond motifs is 1. The number of carbonyl (C=O) groups is 1. The van der Waals surface area contributed by atoms with Crippen LogP contribution in [0.3, 0.4) is 0 Å². The lowest BCUT2D eigenvalue weighted by Gasteiger charge is -2.33. The summed E-state index contributed by atoms with van der Waals surface area (Å²) in [6.07, 6.45) is 1.49. The van der Waals surface area contributed by atoms with E-state index in [1.54, 1.807) is 18.2 Å². The first-order chi connectivity index (χ1) is 12.8. The highest BCUT2D eigenvalue weighted by atomic mass is 19.1. The number of nitrogens with two attached hydrogens (primary N) is 1. The predicted molar refractivity (Wildman–Crippen MR) is 107 cm³/mol. The van der Waals surface area contributed by atoms with E-state index in [1.807, 2.05) is 18.2 Å². The van der Waals surface area contributed by atoms with Crippen molar-refractivity contribution in [3.63, 3.8) is 0 Å². The van der Waals surface area contributed by atoms with Gasteiger partial charge in [0.25, 0.3) is 5.91 Å². The summed E-state index contributed by atoms with van der Waals surface area (Å²) < 4.78 is 14.4. The molecule has 2 aromatic carbocycles. The highest BCUT2D eigenvalue weighted by molar-refractivity contribution is 5.98. The van der Waals surface area contributed by atoms with Gasteiger partial charge in [0.05, 0.1) is 11.3 Å². The van der Waals surface area contributed by atoms with E-state index < -0.39 is 17.1 Å². The van der Waals surface area contributed by atoms with E-state index in [9.17, 15) is 9.18 Å². The number of hydrogen-bond acceptors (Lipinski definition) is 2. The number of nitrogens with zero attached hydrogens (tertiary/aromatic N) is 1. The second kappa shape index (κ2) is 7.47. The Morgan fingerprint density at radius 2 is 1.85 bits per heavy atom. The van der Waals surface area contributed by atoms with Crippen LogP contribution in [0.15, 0.2) is 54.6 Å². The molecule has 0 aliphatic heterocycles. The third kappa shape index (κ3) is 4.00. The third-order valence-corrected chi connectivity index (χ3v) is 4.93. The smallest absolute Gasteiger partial charge is 0.250 e. The van der Waals surface area contributed by atoms with Gasteiger partial charge in [-0.2, -0.15) is 0 Å². The van der Waals surface area contributed by atoms with E-state index in [-0.39, 0.29) is 5.52 Å². The highest BCUT2D eigenvalue weighted by Crippen LogP contribution is 2.37. The fourth-order valence-electron chi connectivity index (χ4n) is 4.01. The lowest BCUT2D eigenvalue weighted by atomic mass is 9.72. The van der Waals surface area contributed by atoms with Gasteiger partial charge in [-0.3, -0.25) is 4.79 Å². The zero-order chi connectivity index (χ0) is 19.6. The predicted octanol–water partition coefficient (Wildman–Crippen LogP) is 5.02. The van der Waals surface area contributed by atoms with Crippen molar-refractivity contribution in [2.45, 2.75) is 39.0 Å². The molecule has 2 N–H and O–H groups in total. The number of para-hydroxylation sites is 1. The van der Waals surface area contributed by atoms with Gasteiger partial charge in [0.1, 0.15) is 11.3 Å². The Morgan fingerprint density at radius 3 is 2.48 bits per heavy atom. The number of rotatable bonds is 6. The SMILES string of the molecule is CC(C)C[C@@](C)(Cc1ccccc1)c1nc2c(F)cccc2cc1C(N)=O. The summed E-state index contributed by atoms with van der Waals surface area (Å²) in [4.78, 5) is 16.9. The normalized spacial score (nSPS) is 13.7. The Kier molecular flexibility index (Phi) is 5.26. The Bertz CT molecular complexity index is 969. The van der Waals surface area contributed by atoms with Gasteiger partial charge in [0.15, 0.2) is 0 Å². The van der Waals surface area contributed by atoms with Gasteiger partial charge in [0, 0.05) is 10.8 Å². The van der Waals surface area contributed by atoms with Gasteiger partial charge >= 0.3 is 0 Å². The van der Waals surface area contributed by atoms with Crippen LogP contribution in [0, 0.1) is 11.7 Å². The number of carbonyl (C=O) groups excluding carboxylic acids is 1. The lowest BCUT2D eigenvalue weighted by Crippen LogP contribution is -2.32. The number of benzene rings is 2. The van der Waals surface area contributed by atoms with Crippen molar-refractivity contribution >= 4 is 16.8 Å². The Labute approximate surface area is 159 Å². The molecule has 1 amide bonds. The van der Waals surface area contributed by atoms with Crippen LogP contribution >= 0.6 is 0 Å². The first kappa shape index (κ1) is 19.0. The van der Waals surface area contributed by atoms with Crippen molar-refractivity contribution in [2.75, 3.05) is 0 Å². The van der Waals surface area contributed by atoms with Gasteiger partial charge in [-0.25, -0.2) is 9.37 Å². The minimum Gasteiger partial charge on any atom is -0.366 e. The van der Waals surface area contributed by atoms with Gasteiger partial charge in [-0.15, -0.1) is 0 Å². The van der Waals surface area contributed by atoms with E-state index >= 15 is 0 Å². The van der Waals surface area contributed by atoms with Crippen LogP contribution in [0.2, 0.25) is 0 Å². The first-order valence-corrected chi connectivity index (χ1v) is 9.23. The second-order valence-corrected chi connectivity index (χ2v) is 7.88. The monoisotopic (exact) mass is 364 g/mol. The van der Waals surface area contributed by atoms with Crippen molar-refractivity contribution in [2.24, 2.45) is 11.7 Å². The summed E-state index contributed by atoms with van der Waals surface area (Å²) >= 11 is 0. The average molecular weight is 364 g/mol. The second-order valence-electron chi connectivity index (χ2n) is 7.88. The molecule has 0 unspecified atom stereocenters. The largest absolute Gasteiger partial charge is 0.366 e. The number of halogens is 1. The van der Waals surface area contributed by atoms with E-state index in [0.717, 1.165) is 12.0 Å². The van der Waals surface area contributed by atoms with E-state index in [4.69, 9.17) is 5.73 Å². The minimum absolute atomic E-state index is 0.278. The summed E-state index contributed by atoms with van der Waals surface area (Å²) in [5.41, 5.74) is 7.61. The van der Waals surface area contributed by atoms with Gasteiger partial charge < -0.3 is 5.73 Å². The molecule has 0 radical (unpaired) electrons. The van der Waals surface area contributed by atoms with Crippen LogP contribution in [0.5, 0.6) is 0 Å². The summed E-state index contributed by atoms with van der Waals surface area (Å²) in [5, 5.41) is 0.583. The van der Waals surface area contributed by atoms with E-state index in [0.29, 0.717) is 29.0 Å². The van der Waals surface area contributed by atoms with Crippen LogP contribution in [0.25, 0.3) is 10.9 Å². The number of aromatic nitrogens is 1. The molecule has 27 heavy (non-hydrogen) atoms. The van der Waals surface area contributed by atoms with Crippen molar-refractivity contribution in [1.82, 2.24) is 4.98 Å². The van der Waals surface area contributed by atoms with Crippen LogP contribution in [0.4, 0.5) is 4.39 Å². The highest BCUT2D eigenvalue weighted by Gasteiger charge is 2.34. The molecule has 3 aromatic rings. The first-order valence-electron chi connectivity index (χ1n) is 9.23. The van der Waals surface area contributed by atoms with Crippen molar-refractivity contribution in [3.05, 3.63) is 77.2 Å². The van der Waals surface area contributed by atoms with Crippen LogP contribution < -0.4 is 5.73 Å². The summed E-state index contributed by atoms with van der Waals surface area (Å²) in [6.45, 7) is 6.35. The number of primary amides is 1. The van der Waals surface area contributed by atoms with Crippen LogP contribution in [0.1, 0.15) is 48.8 Å². The zero-order valence-corrected chi connectivity index (χ0v) is 16.0. The summed E-state index contributed by atoms with van der Waals surface area (Å²) in [7, 11) is 0. The number of pyridine rings is 1. The fourth-order valence-corrected chi connectivity index (χ4v) is 4.01. The number of amides is 1.